The van der Waals surface area contributed by atoms with Crippen molar-refractivity contribution < 1.29 is 9.90 Å². The van der Waals surface area contributed by atoms with Gasteiger partial charge in [-0.05, 0) is 84.5 Å². The highest BCUT2D eigenvalue weighted by Gasteiger charge is 2.67. The Kier molecular flexibility index (Phi) is 3.86. The first-order valence-corrected chi connectivity index (χ1v) is 11.7. The predicted molar refractivity (Wildman–Crippen MR) is 112 cm³/mol. The van der Waals surface area contributed by atoms with Crippen molar-refractivity contribution in [2.75, 3.05) is 6.54 Å². The van der Waals surface area contributed by atoms with E-state index < -0.39 is 0 Å². The van der Waals surface area contributed by atoms with Gasteiger partial charge in [0.05, 0.1) is 6.10 Å². The molecule has 0 aromatic carbocycles. The molecule has 1 aliphatic heterocycles. The lowest BCUT2D eigenvalue weighted by Crippen LogP contribution is -2.65. The van der Waals surface area contributed by atoms with E-state index in [2.05, 4.69) is 39.9 Å². The third-order valence-electron chi connectivity index (χ3n) is 10.9. The molecule has 0 spiro atoms. The van der Waals surface area contributed by atoms with Gasteiger partial charge in [-0.2, -0.15) is 0 Å². The van der Waals surface area contributed by atoms with E-state index in [9.17, 15) is 9.90 Å². The number of hydrogen-bond acceptors (Lipinski definition) is 2. The maximum atomic E-state index is 12.4. The minimum absolute atomic E-state index is 0.124. The van der Waals surface area contributed by atoms with E-state index in [0.29, 0.717) is 29.2 Å². The highest BCUT2D eigenvalue weighted by Crippen LogP contribution is 2.73. The van der Waals surface area contributed by atoms with Crippen molar-refractivity contribution in [3.8, 4) is 0 Å². The Hall–Kier alpha value is -0.830. The second-order valence-electron chi connectivity index (χ2n) is 12.3. The van der Waals surface area contributed by atoms with Gasteiger partial charge in [0.25, 0.3) is 0 Å². The van der Waals surface area contributed by atoms with Crippen LogP contribution in [0.25, 0.3) is 0 Å². The highest BCUT2D eigenvalue weighted by molar-refractivity contribution is 5.97. The molecule has 5 rings (SSSR count). The average molecular weight is 386 g/mol. The molecule has 3 fully saturated rings. The van der Waals surface area contributed by atoms with Crippen LogP contribution < -0.4 is 5.32 Å². The maximum Gasteiger partial charge on any atom is 0.247 e. The van der Waals surface area contributed by atoms with Crippen LogP contribution in [0.15, 0.2) is 11.1 Å². The molecule has 3 saturated carbocycles. The molecule has 4 aliphatic carbocycles. The van der Waals surface area contributed by atoms with E-state index in [0.717, 1.165) is 30.8 Å². The molecular weight excluding hydrogens is 346 g/mol. The van der Waals surface area contributed by atoms with Crippen molar-refractivity contribution in [2.45, 2.75) is 92.1 Å². The number of aliphatic hydroxyl groups excluding tert-OH is 1. The number of nitrogens with one attached hydrogen (secondary N) is 1. The zero-order valence-corrected chi connectivity index (χ0v) is 18.5. The maximum absolute atomic E-state index is 12.4. The molecule has 2 N–H and O–H groups in total. The molecule has 7 unspecified atom stereocenters. The second kappa shape index (κ2) is 5.65. The molecule has 156 valence electrons. The number of aliphatic hydroxyl groups is 1. The smallest absolute Gasteiger partial charge is 0.247 e. The van der Waals surface area contributed by atoms with Gasteiger partial charge in [-0.1, -0.05) is 41.0 Å². The van der Waals surface area contributed by atoms with Crippen LogP contribution in [0.1, 0.15) is 86.0 Å². The number of amides is 1. The molecule has 0 radical (unpaired) electrons. The van der Waals surface area contributed by atoms with Crippen LogP contribution in [-0.2, 0) is 4.79 Å². The van der Waals surface area contributed by atoms with Crippen molar-refractivity contribution >= 4 is 5.91 Å². The summed E-state index contributed by atoms with van der Waals surface area (Å²) < 4.78 is 0. The summed E-state index contributed by atoms with van der Waals surface area (Å²) in [6.45, 7) is 13.1. The van der Waals surface area contributed by atoms with E-state index in [1.165, 1.54) is 37.7 Å². The minimum Gasteiger partial charge on any atom is -0.392 e. The molecular formula is C25H39NO2. The monoisotopic (exact) mass is 385 g/mol. The summed E-state index contributed by atoms with van der Waals surface area (Å²) in [5.41, 5.74) is 3.05. The number of hydrogen-bond donors (Lipinski definition) is 2. The van der Waals surface area contributed by atoms with E-state index in [-0.39, 0.29) is 22.8 Å². The number of carbonyl (C=O) groups is 1. The molecule has 0 aromatic heterocycles. The normalized spacial score (nSPS) is 52.3. The van der Waals surface area contributed by atoms with Crippen LogP contribution in [0.5, 0.6) is 0 Å². The van der Waals surface area contributed by atoms with Gasteiger partial charge in [-0.15, -0.1) is 0 Å². The van der Waals surface area contributed by atoms with Gasteiger partial charge in [0.15, 0.2) is 0 Å². The fourth-order valence-electron chi connectivity index (χ4n) is 9.66. The van der Waals surface area contributed by atoms with Crippen molar-refractivity contribution in [1.82, 2.24) is 5.32 Å². The van der Waals surface area contributed by atoms with Crippen molar-refractivity contribution in [3.63, 3.8) is 0 Å². The van der Waals surface area contributed by atoms with E-state index >= 15 is 0 Å². The van der Waals surface area contributed by atoms with Crippen LogP contribution >= 0.6 is 0 Å². The Morgan fingerprint density at radius 2 is 1.64 bits per heavy atom. The molecule has 1 heterocycles. The second-order valence-corrected chi connectivity index (χ2v) is 12.3. The highest BCUT2D eigenvalue weighted by atomic mass is 16.3. The summed E-state index contributed by atoms with van der Waals surface area (Å²) in [5.74, 6) is 1.98. The summed E-state index contributed by atoms with van der Waals surface area (Å²) in [6, 6.07) is 0. The lowest BCUT2D eigenvalue weighted by atomic mass is 9.35. The van der Waals surface area contributed by atoms with Crippen molar-refractivity contribution in [3.05, 3.63) is 11.1 Å². The van der Waals surface area contributed by atoms with Gasteiger partial charge >= 0.3 is 0 Å². The van der Waals surface area contributed by atoms with Gasteiger partial charge in [0.2, 0.25) is 5.91 Å². The number of rotatable bonds is 0. The van der Waals surface area contributed by atoms with Crippen LogP contribution in [0.3, 0.4) is 0 Å². The molecule has 28 heavy (non-hydrogen) atoms. The Balaban J connectivity index is 1.59. The van der Waals surface area contributed by atoms with Gasteiger partial charge in [0.1, 0.15) is 0 Å². The van der Waals surface area contributed by atoms with Crippen LogP contribution in [0, 0.1) is 39.4 Å². The predicted octanol–water partition coefficient (Wildman–Crippen LogP) is 4.84. The molecule has 0 bridgehead atoms. The molecule has 7 atom stereocenters. The standard InChI is InChI=1S/C25H39NO2/c1-22(2)10-6-11-23(3)17(22)9-12-24(4)18-8-7-15-16(14-26-21(15)28)25(18,5)20(27)13-19(23)24/h17-20,27H,6-14H2,1-5H3,(H,26,28). The number of carbonyl (C=O) groups excluding carboxylic acids is 1. The fourth-order valence-corrected chi connectivity index (χ4v) is 9.66. The largest absolute Gasteiger partial charge is 0.392 e. The Bertz CT molecular complexity index is 754. The van der Waals surface area contributed by atoms with Crippen LogP contribution in [-0.4, -0.2) is 23.7 Å². The molecule has 3 heteroatoms. The van der Waals surface area contributed by atoms with Gasteiger partial charge in [0, 0.05) is 17.5 Å². The van der Waals surface area contributed by atoms with Crippen molar-refractivity contribution in [2.24, 2.45) is 39.4 Å². The fraction of sp³-hybridized carbons (Fsp3) is 0.880. The quantitative estimate of drug-likeness (QED) is 0.627. The van der Waals surface area contributed by atoms with Crippen LogP contribution in [0.2, 0.25) is 0 Å². The summed E-state index contributed by atoms with van der Waals surface area (Å²) in [5, 5.41) is 14.7. The zero-order valence-electron chi connectivity index (χ0n) is 18.5. The molecule has 0 aromatic rings. The Morgan fingerprint density at radius 3 is 2.39 bits per heavy atom. The molecule has 1 amide bonds. The lowest BCUT2D eigenvalue weighted by molar-refractivity contribution is -0.217. The van der Waals surface area contributed by atoms with E-state index in [4.69, 9.17) is 0 Å². The third-order valence-corrected chi connectivity index (χ3v) is 10.9. The summed E-state index contributed by atoms with van der Waals surface area (Å²) in [6.07, 6.45) is 9.19. The first kappa shape index (κ1) is 19.2. The number of fused-ring (bicyclic) bond motifs is 6. The summed E-state index contributed by atoms with van der Waals surface area (Å²) in [7, 11) is 0. The Labute approximate surface area is 170 Å². The first-order chi connectivity index (χ1) is 13.0. The molecule has 0 saturated heterocycles. The van der Waals surface area contributed by atoms with Crippen LogP contribution in [0.4, 0.5) is 0 Å². The first-order valence-electron chi connectivity index (χ1n) is 11.7. The van der Waals surface area contributed by atoms with Gasteiger partial charge < -0.3 is 10.4 Å². The zero-order chi connectivity index (χ0) is 20.1. The lowest BCUT2D eigenvalue weighted by Gasteiger charge is -2.70. The van der Waals surface area contributed by atoms with E-state index in [1.807, 2.05) is 0 Å². The third kappa shape index (κ3) is 2.13. The molecule has 5 aliphatic rings. The van der Waals surface area contributed by atoms with Crippen molar-refractivity contribution in [1.29, 1.82) is 0 Å². The average Bonchev–Trinajstić information content (AvgIpc) is 2.99. The summed E-state index contributed by atoms with van der Waals surface area (Å²) >= 11 is 0. The van der Waals surface area contributed by atoms with Gasteiger partial charge in [-0.3, -0.25) is 4.79 Å². The van der Waals surface area contributed by atoms with Gasteiger partial charge in [-0.25, -0.2) is 0 Å². The minimum atomic E-state index is -0.325. The SMILES string of the molecule is CC1(C)CCCC2(C)C1CCC1(C)C2CC(O)C2(C)C3=C(CCC12)C(=O)NC3. The van der Waals surface area contributed by atoms with E-state index in [1.54, 1.807) is 0 Å². The molecule has 3 nitrogen and oxygen atoms in total. The topological polar surface area (TPSA) is 49.3 Å². The Morgan fingerprint density at radius 1 is 0.929 bits per heavy atom. The summed E-state index contributed by atoms with van der Waals surface area (Å²) in [4.78, 5) is 12.4.